The minimum absolute atomic E-state index is 0.470. The Morgan fingerprint density at radius 2 is 1.95 bits per heavy atom. The number of alkyl halides is 1. The predicted molar refractivity (Wildman–Crippen MR) is 89.9 cm³/mol. The largest absolute Gasteiger partial charge is 0.494 e. The Kier molecular flexibility index (Phi) is 5.75. The lowest BCUT2D eigenvalue weighted by molar-refractivity contribution is 0.256. The number of benzene rings is 2. The molecule has 2 nitrogen and oxygen atoms in total. The van der Waals surface area contributed by atoms with Crippen molar-refractivity contribution in [3.05, 3.63) is 35.9 Å². The molecule has 0 aliphatic rings. The zero-order valence-electron chi connectivity index (χ0n) is 13.0. The third kappa shape index (κ3) is 4.04. The van der Waals surface area contributed by atoms with Crippen molar-refractivity contribution < 1.29 is 9.47 Å². The molecule has 2 aromatic carbocycles. The predicted octanol–water partition coefficient (Wildman–Crippen LogP) is 5.19. The van der Waals surface area contributed by atoms with Gasteiger partial charge in [0.25, 0.3) is 0 Å². The monoisotopic (exact) mass is 306 g/mol. The van der Waals surface area contributed by atoms with Crippen LogP contribution in [0.25, 0.3) is 10.8 Å². The number of ether oxygens (including phenoxy) is 2. The van der Waals surface area contributed by atoms with Crippen molar-refractivity contribution in [1.82, 2.24) is 0 Å². The van der Waals surface area contributed by atoms with E-state index in [9.17, 15) is 0 Å². The summed E-state index contributed by atoms with van der Waals surface area (Å²) in [6.45, 7) is 7.64. The summed E-state index contributed by atoms with van der Waals surface area (Å²) >= 11 is 5.76. The molecule has 1 unspecified atom stereocenters. The van der Waals surface area contributed by atoms with E-state index in [1.165, 1.54) is 16.3 Å². The van der Waals surface area contributed by atoms with Gasteiger partial charge in [0, 0.05) is 5.88 Å². The summed E-state index contributed by atoms with van der Waals surface area (Å²) in [7, 11) is 0. The topological polar surface area (TPSA) is 18.5 Å². The smallest absolute Gasteiger partial charge is 0.122 e. The van der Waals surface area contributed by atoms with Crippen LogP contribution in [0.2, 0.25) is 0 Å². The van der Waals surface area contributed by atoms with Gasteiger partial charge in [-0.05, 0) is 60.7 Å². The van der Waals surface area contributed by atoms with Crippen molar-refractivity contribution in [2.24, 2.45) is 5.92 Å². The second kappa shape index (κ2) is 7.56. The van der Waals surface area contributed by atoms with E-state index in [0.29, 0.717) is 25.0 Å². The second-order valence-electron chi connectivity index (χ2n) is 5.40. The van der Waals surface area contributed by atoms with E-state index < -0.39 is 0 Å². The fraction of sp³-hybridized carbons (Fsp3) is 0.444. The highest BCUT2D eigenvalue weighted by Gasteiger charge is 2.08. The van der Waals surface area contributed by atoms with Crippen molar-refractivity contribution in [3.63, 3.8) is 0 Å². The molecule has 0 aliphatic carbocycles. The maximum Gasteiger partial charge on any atom is 0.122 e. The number of fused-ring (bicyclic) bond motifs is 1. The van der Waals surface area contributed by atoms with E-state index >= 15 is 0 Å². The third-order valence-electron chi connectivity index (χ3n) is 3.65. The van der Waals surface area contributed by atoms with Gasteiger partial charge in [-0.2, -0.15) is 0 Å². The Morgan fingerprint density at radius 1 is 1.14 bits per heavy atom. The number of aryl methyl sites for hydroxylation is 1. The van der Waals surface area contributed by atoms with Crippen LogP contribution in [0.4, 0.5) is 0 Å². The van der Waals surface area contributed by atoms with Crippen LogP contribution in [0.5, 0.6) is 11.5 Å². The molecule has 0 bridgehead atoms. The van der Waals surface area contributed by atoms with Crippen LogP contribution in [-0.2, 0) is 0 Å². The van der Waals surface area contributed by atoms with Crippen molar-refractivity contribution in [3.8, 4) is 11.5 Å². The summed E-state index contributed by atoms with van der Waals surface area (Å²) in [5.41, 5.74) is 1.17. The van der Waals surface area contributed by atoms with Crippen LogP contribution in [0.3, 0.4) is 0 Å². The number of halogens is 1. The highest BCUT2D eigenvalue weighted by atomic mass is 35.5. The molecule has 0 N–H and O–H groups in total. The molecule has 1 atom stereocenters. The first kappa shape index (κ1) is 16.0. The third-order valence-corrected chi connectivity index (χ3v) is 3.87. The van der Waals surface area contributed by atoms with Gasteiger partial charge in [0.15, 0.2) is 0 Å². The zero-order chi connectivity index (χ0) is 15.2. The molecule has 0 aromatic heterocycles. The van der Waals surface area contributed by atoms with E-state index in [-0.39, 0.29) is 0 Å². The summed E-state index contributed by atoms with van der Waals surface area (Å²) < 4.78 is 11.5. The summed E-state index contributed by atoms with van der Waals surface area (Å²) in [6.07, 6.45) is 0.978. The average Bonchev–Trinajstić information content (AvgIpc) is 2.47. The lowest BCUT2D eigenvalue weighted by atomic mass is 10.0. The van der Waals surface area contributed by atoms with Crippen LogP contribution in [-0.4, -0.2) is 19.1 Å². The molecule has 0 saturated heterocycles. The molecular weight excluding hydrogens is 284 g/mol. The second-order valence-corrected chi connectivity index (χ2v) is 5.78. The van der Waals surface area contributed by atoms with Crippen LogP contribution in [0, 0.1) is 12.8 Å². The minimum Gasteiger partial charge on any atom is -0.494 e. The fourth-order valence-electron chi connectivity index (χ4n) is 2.36. The van der Waals surface area contributed by atoms with Gasteiger partial charge in [0.05, 0.1) is 13.2 Å². The molecule has 0 amide bonds. The van der Waals surface area contributed by atoms with Crippen molar-refractivity contribution in [2.45, 2.75) is 27.2 Å². The van der Waals surface area contributed by atoms with E-state index in [2.05, 4.69) is 32.0 Å². The highest BCUT2D eigenvalue weighted by molar-refractivity contribution is 6.17. The molecule has 0 fully saturated rings. The van der Waals surface area contributed by atoms with Gasteiger partial charge in [-0.15, -0.1) is 11.6 Å². The average molecular weight is 307 g/mol. The molecule has 2 aromatic rings. The van der Waals surface area contributed by atoms with Crippen molar-refractivity contribution >= 4 is 22.4 Å². The van der Waals surface area contributed by atoms with E-state index in [0.717, 1.165) is 17.9 Å². The normalized spacial score (nSPS) is 12.4. The molecule has 3 heteroatoms. The van der Waals surface area contributed by atoms with Crippen LogP contribution >= 0.6 is 11.6 Å². The van der Waals surface area contributed by atoms with Gasteiger partial charge in [-0.25, -0.2) is 0 Å². The summed E-state index contributed by atoms with van der Waals surface area (Å²) in [5, 5.41) is 2.39. The SMILES string of the molecule is CCOc1ccc2c(C)c(OCC(C)CCCl)ccc2c1. The van der Waals surface area contributed by atoms with Gasteiger partial charge in [-0.1, -0.05) is 19.1 Å². The molecule has 0 spiro atoms. The molecular formula is C18H23ClO2. The number of hydrogen-bond acceptors (Lipinski definition) is 2. The standard InChI is InChI=1S/C18H23ClO2/c1-4-20-16-6-7-17-14(3)18(8-5-15(17)11-16)21-12-13(2)9-10-19/h5-8,11,13H,4,9-10,12H2,1-3H3. The van der Waals surface area contributed by atoms with Gasteiger partial charge in [0.2, 0.25) is 0 Å². The molecule has 0 aliphatic heterocycles. The van der Waals surface area contributed by atoms with Crippen LogP contribution < -0.4 is 9.47 Å². The van der Waals surface area contributed by atoms with Crippen LogP contribution in [0.15, 0.2) is 30.3 Å². The molecule has 0 radical (unpaired) electrons. The van der Waals surface area contributed by atoms with Gasteiger partial charge in [-0.3, -0.25) is 0 Å². The zero-order valence-corrected chi connectivity index (χ0v) is 13.7. The fourth-order valence-corrected chi connectivity index (χ4v) is 2.73. The van der Waals surface area contributed by atoms with Gasteiger partial charge < -0.3 is 9.47 Å². The van der Waals surface area contributed by atoms with Gasteiger partial charge >= 0.3 is 0 Å². The maximum atomic E-state index is 5.95. The molecule has 114 valence electrons. The lowest BCUT2D eigenvalue weighted by Crippen LogP contribution is -2.09. The Balaban J connectivity index is 2.19. The maximum absolute atomic E-state index is 5.95. The first-order valence-corrected chi connectivity index (χ1v) is 8.04. The summed E-state index contributed by atoms with van der Waals surface area (Å²) in [5.74, 6) is 3.02. The van der Waals surface area contributed by atoms with E-state index in [1.54, 1.807) is 0 Å². The minimum atomic E-state index is 0.470. The van der Waals surface area contributed by atoms with E-state index in [1.807, 2.05) is 19.1 Å². The number of rotatable bonds is 7. The Morgan fingerprint density at radius 3 is 2.67 bits per heavy atom. The summed E-state index contributed by atoms with van der Waals surface area (Å²) in [6, 6.07) is 10.3. The first-order chi connectivity index (χ1) is 10.2. The Bertz CT molecular complexity index is 595. The van der Waals surface area contributed by atoms with Crippen LogP contribution in [0.1, 0.15) is 25.8 Å². The van der Waals surface area contributed by atoms with E-state index in [4.69, 9.17) is 21.1 Å². The first-order valence-electron chi connectivity index (χ1n) is 7.50. The summed E-state index contributed by atoms with van der Waals surface area (Å²) in [4.78, 5) is 0. The van der Waals surface area contributed by atoms with Crippen molar-refractivity contribution in [1.29, 1.82) is 0 Å². The lowest BCUT2D eigenvalue weighted by Gasteiger charge is -2.15. The Hall–Kier alpha value is -1.41. The molecule has 0 saturated carbocycles. The molecule has 0 heterocycles. The highest BCUT2D eigenvalue weighted by Crippen LogP contribution is 2.30. The number of hydrogen-bond donors (Lipinski definition) is 0. The molecule has 21 heavy (non-hydrogen) atoms. The quantitative estimate of drug-likeness (QED) is 0.655. The molecule has 2 rings (SSSR count). The Labute approximate surface area is 132 Å². The van der Waals surface area contributed by atoms with Gasteiger partial charge in [0.1, 0.15) is 11.5 Å². The van der Waals surface area contributed by atoms with Crippen molar-refractivity contribution in [2.75, 3.05) is 19.1 Å².